The molecule has 0 heterocycles. The normalized spacial score (nSPS) is 18.1. The molecule has 0 saturated heterocycles. The number of ether oxygens (including phenoxy) is 1. The van der Waals surface area contributed by atoms with Gasteiger partial charge in [-0.15, -0.1) is 12.4 Å². The predicted molar refractivity (Wildman–Crippen MR) is 67.0 cm³/mol. The molecule has 1 aliphatic rings. The molecule has 0 bridgehead atoms. The summed E-state index contributed by atoms with van der Waals surface area (Å²) >= 11 is 0. The Morgan fingerprint density at radius 3 is 2.61 bits per heavy atom. The first-order valence-electron chi connectivity index (χ1n) is 5.85. The molecule has 0 aliphatic heterocycles. The van der Waals surface area contributed by atoms with Crippen LogP contribution in [0.4, 0.5) is 8.78 Å². The molecular weight excluding hydrogens is 266 g/mol. The summed E-state index contributed by atoms with van der Waals surface area (Å²) in [5.41, 5.74) is 5.28. The molecule has 1 amide bonds. The highest BCUT2D eigenvalue weighted by atomic mass is 35.5. The molecule has 0 radical (unpaired) electrons. The van der Waals surface area contributed by atoms with Crippen molar-refractivity contribution in [3.05, 3.63) is 0 Å². The van der Waals surface area contributed by atoms with Gasteiger partial charge in [0.2, 0.25) is 5.91 Å². The van der Waals surface area contributed by atoms with Crippen LogP contribution in [0, 0.1) is 5.92 Å². The fourth-order valence-corrected chi connectivity index (χ4v) is 1.76. The van der Waals surface area contributed by atoms with Crippen molar-refractivity contribution in [2.45, 2.75) is 38.2 Å². The zero-order valence-electron chi connectivity index (χ0n) is 10.5. The fourth-order valence-electron chi connectivity index (χ4n) is 1.76. The summed E-state index contributed by atoms with van der Waals surface area (Å²) in [5, 5.41) is 2.86. The molecule has 1 rings (SSSR count). The van der Waals surface area contributed by atoms with Gasteiger partial charge in [0.1, 0.15) is 6.61 Å². The van der Waals surface area contributed by atoms with Gasteiger partial charge in [-0.25, -0.2) is 8.78 Å². The molecule has 1 aliphatic carbocycles. The number of amides is 1. The maximum atomic E-state index is 11.8. The molecule has 108 valence electrons. The van der Waals surface area contributed by atoms with Gasteiger partial charge in [0, 0.05) is 13.0 Å². The molecule has 4 nitrogen and oxygen atoms in total. The Bertz CT molecular complexity index is 265. The van der Waals surface area contributed by atoms with Gasteiger partial charge < -0.3 is 15.8 Å². The van der Waals surface area contributed by atoms with Gasteiger partial charge in [0.25, 0.3) is 6.43 Å². The van der Waals surface area contributed by atoms with E-state index in [2.05, 4.69) is 10.1 Å². The first-order chi connectivity index (χ1) is 7.98. The molecule has 3 N–H and O–H groups in total. The third-order valence-corrected chi connectivity index (χ3v) is 3.04. The smallest absolute Gasteiger partial charge is 0.261 e. The Balaban J connectivity index is 0.00000289. The largest absolute Gasteiger partial charge is 0.375 e. The summed E-state index contributed by atoms with van der Waals surface area (Å²) in [7, 11) is 0. The van der Waals surface area contributed by atoms with Gasteiger partial charge >= 0.3 is 0 Å². The predicted octanol–water partition coefficient (Wildman–Crippen LogP) is 1.32. The first-order valence-corrected chi connectivity index (χ1v) is 5.85. The summed E-state index contributed by atoms with van der Waals surface area (Å²) in [6.45, 7) is 1.70. The number of nitrogens with one attached hydrogen (secondary N) is 1. The molecule has 0 aromatic carbocycles. The molecule has 0 aromatic rings. The van der Waals surface area contributed by atoms with Crippen LogP contribution in [0.5, 0.6) is 0 Å². The van der Waals surface area contributed by atoms with E-state index < -0.39 is 13.0 Å². The molecule has 18 heavy (non-hydrogen) atoms. The molecule has 0 aromatic heterocycles. The van der Waals surface area contributed by atoms with Gasteiger partial charge in [-0.1, -0.05) is 0 Å². The quantitative estimate of drug-likeness (QED) is 0.662. The lowest BCUT2D eigenvalue weighted by Crippen LogP contribution is -2.53. The Morgan fingerprint density at radius 1 is 1.56 bits per heavy atom. The van der Waals surface area contributed by atoms with Crippen molar-refractivity contribution < 1.29 is 18.3 Å². The zero-order valence-corrected chi connectivity index (χ0v) is 11.3. The minimum absolute atomic E-state index is 0. The van der Waals surface area contributed by atoms with Gasteiger partial charge in [-0.05, 0) is 25.7 Å². The zero-order chi connectivity index (χ0) is 12.9. The van der Waals surface area contributed by atoms with Crippen LogP contribution in [-0.4, -0.2) is 37.6 Å². The highest BCUT2D eigenvalue weighted by Crippen LogP contribution is 2.38. The molecule has 1 atom stereocenters. The fraction of sp³-hybridized carbons (Fsp3) is 0.909. The lowest BCUT2D eigenvalue weighted by Gasteiger charge is -2.29. The number of rotatable bonds is 8. The van der Waals surface area contributed by atoms with E-state index in [1.165, 1.54) is 0 Å². The average Bonchev–Trinajstić information content (AvgIpc) is 3.08. The van der Waals surface area contributed by atoms with E-state index in [1.54, 1.807) is 0 Å². The van der Waals surface area contributed by atoms with Crippen LogP contribution in [0.1, 0.15) is 26.2 Å². The summed E-state index contributed by atoms with van der Waals surface area (Å²) in [4.78, 5) is 11.6. The molecule has 0 spiro atoms. The van der Waals surface area contributed by atoms with Crippen molar-refractivity contribution >= 4 is 18.3 Å². The van der Waals surface area contributed by atoms with Crippen molar-refractivity contribution in [1.29, 1.82) is 0 Å². The van der Waals surface area contributed by atoms with E-state index in [1.807, 2.05) is 6.92 Å². The molecule has 1 unspecified atom stereocenters. The number of hydrogen-bond acceptors (Lipinski definition) is 3. The topological polar surface area (TPSA) is 64.3 Å². The molecule has 1 fully saturated rings. The minimum atomic E-state index is -2.49. The number of nitrogens with two attached hydrogens (primary N) is 1. The van der Waals surface area contributed by atoms with Crippen LogP contribution in [-0.2, 0) is 9.53 Å². The van der Waals surface area contributed by atoms with E-state index in [4.69, 9.17) is 5.73 Å². The maximum Gasteiger partial charge on any atom is 0.261 e. The number of alkyl halides is 2. The monoisotopic (exact) mass is 286 g/mol. The lowest BCUT2D eigenvalue weighted by atomic mass is 9.96. The van der Waals surface area contributed by atoms with E-state index >= 15 is 0 Å². The van der Waals surface area contributed by atoms with Crippen molar-refractivity contribution in [1.82, 2.24) is 5.32 Å². The van der Waals surface area contributed by atoms with Crippen LogP contribution in [0.2, 0.25) is 0 Å². The van der Waals surface area contributed by atoms with Gasteiger partial charge in [0.15, 0.2) is 0 Å². The molecular formula is C11H21ClF2N2O2. The first kappa shape index (κ1) is 17.5. The number of halogens is 3. The Labute approximate surface area is 112 Å². The van der Waals surface area contributed by atoms with E-state index in [-0.39, 0.29) is 36.9 Å². The SMILES string of the molecule is CC(CN)(NC(=O)CCOCC(F)F)C1CC1.Cl. The van der Waals surface area contributed by atoms with Crippen molar-refractivity contribution in [3.63, 3.8) is 0 Å². The van der Waals surface area contributed by atoms with Gasteiger partial charge in [-0.3, -0.25) is 4.79 Å². The highest BCUT2D eigenvalue weighted by molar-refractivity contribution is 5.85. The van der Waals surface area contributed by atoms with Crippen molar-refractivity contribution in [2.24, 2.45) is 11.7 Å². The van der Waals surface area contributed by atoms with Crippen LogP contribution in [0.15, 0.2) is 0 Å². The average molecular weight is 287 g/mol. The second kappa shape index (κ2) is 7.86. The summed E-state index contributed by atoms with van der Waals surface area (Å²) in [6.07, 6.45) is -0.236. The second-order valence-electron chi connectivity index (χ2n) is 4.66. The van der Waals surface area contributed by atoms with Crippen LogP contribution in [0.25, 0.3) is 0 Å². The second-order valence-corrected chi connectivity index (χ2v) is 4.66. The summed E-state index contributed by atoms with van der Waals surface area (Å²) < 4.78 is 28.2. The third-order valence-electron chi connectivity index (χ3n) is 3.04. The number of carbonyl (C=O) groups is 1. The Morgan fingerprint density at radius 2 is 2.17 bits per heavy atom. The van der Waals surface area contributed by atoms with Crippen LogP contribution >= 0.6 is 12.4 Å². The van der Waals surface area contributed by atoms with Gasteiger partial charge in [-0.2, -0.15) is 0 Å². The summed E-state index contributed by atoms with van der Waals surface area (Å²) in [6, 6.07) is 0. The van der Waals surface area contributed by atoms with E-state index in [0.717, 1.165) is 12.8 Å². The summed E-state index contributed by atoms with van der Waals surface area (Å²) in [5.74, 6) is 0.248. The third kappa shape index (κ3) is 5.93. The number of carbonyl (C=O) groups excluding carboxylic acids is 1. The standard InChI is InChI=1S/C11H20F2N2O2.ClH/c1-11(7-14,8-2-3-8)15-10(16)4-5-17-6-9(12)13;/h8-9H,2-7,14H2,1H3,(H,15,16);1H. The van der Waals surface area contributed by atoms with Crippen molar-refractivity contribution in [2.75, 3.05) is 19.8 Å². The van der Waals surface area contributed by atoms with Crippen molar-refractivity contribution in [3.8, 4) is 0 Å². The lowest BCUT2D eigenvalue weighted by molar-refractivity contribution is -0.124. The van der Waals surface area contributed by atoms with E-state index in [9.17, 15) is 13.6 Å². The van der Waals surface area contributed by atoms with E-state index in [0.29, 0.717) is 12.5 Å². The minimum Gasteiger partial charge on any atom is -0.375 e. The molecule has 7 heteroatoms. The Kier molecular flexibility index (Phi) is 7.66. The highest BCUT2D eigenvalue weighted by Gasteiger charge is 2.41. The Hall–Kier alpha value is -0.460. The number of hydrogen-bond donors (Lipinski definition) is 2. The van der Waals surface area contributed by atoms with Gasteiger partial charge in [0.05, 0.1) is 12.1 Å². The molecule has 1 saturated carbocycles. The van der Waals surface area contributed by atoms with Crippen LogP contribution in [0.3, 0.4) is 0 Å². The van der Waals surface area contributed by atoms with Crippen LogP contribution < -0.4 is 11.1 Å². The maximum absolute atomic E-state index is 11.8.